The van der Waals surface area contributed by atoms with Crippen LogP contribution >= 0.6 is 12.6 Å². The Morgan fingerprint density at radius 2 is 1.81 bits per heavy atom. The summed E-state index contributed by atoms with van der Waals surface area (Å²) in [6.45, 7) is 6.34. The van der Waals surface area contributed by atoms with Gasteiger partial charge in [0.05, 0.1) is 0 Å². The van der Waals surface area contributed by atoms with Crippen LogP contribution in [0.1, 0.15) is 37.2 Å². The van der Waals surface area contributed by atoms with Crippen LogP contribution in [0.2, 0.25) is 0 Å². The molecule has 0 amide bonds. The minimum atomic E-state index is 0.564. The predicted molar refractivity (Wildman–Crippen MR) is 93.3 cm³/mol. The van der Waals surface area contributed by atoms with E-state index in [-0.39, 0.29) is 0 Å². The summed E-state index contributed by atoms with van der Waals surface area (Å²) >= 11 is 4.59. The Hall–Kier alpha value is -0.510. The predicted octanol–water partition coefficient (Wildman–Crippen LogP) is 3.26. The van der Waals surface area contributed by atoms with Crippen molar-refractivity contribution in [2.45, 2.75) is 37.6 Å². The largest absolute Gasteiger partial charge is 0.301 e. The first-order chi connectivity index (χ1) is 10.4. The molecule has 0 spiro atoms. The Balaban J connectivity index is 1.53. The van der Waals surface area contributed by atoms with Gasteiger partial charge in [-0.2, -0.15) is 12.6 Å². The van der Waals surface area contributed by atoms with Gasteiger partial charge in [0, 0.05) is 25.0 Å². The van der Waals surface area contributed by atoms with Crippen molar-refractivity contribution in [2.75, 3.05) is 38.5 Å². The lowest BCUT2D eigenvalue weighted by molar-refractivity contribution is 0.161. The van der Waals surface area contributed by atoms with Gasteiger partial charge in [0.25, 0.3) is 0 Å². The zero-order valence-corrected chi connectivity index (χ0v) is 13.8. The molecule has 0 aliphatic carbocycles. The molecule has 0 radical (unpaired) electrons. The minimum absolute atomic E-state index is 0.564. The molecular weight excluding hydrogens is 276 g/mol. The Morgan fingerprint density at radius 1 is 1.05 bits per heavy atom. The van der Waals surface area contributed by atoms with Crippen molar-refractivity contribution in [2.24, 2.45) is 0 Å². The maximum atomic E-state index is 4.59. The van der Waals surface area contributed by atoms with Gasteiger partial charge in [0.2, 0.25) is 0 Å². The summed E-state index contributed by atoms with van der Waals surface area (Å²) < 4.78 is 0. The third kappa shape index (κ3) is 4.02. The van der Waals surface area contributed by atoms with E-state index >= 15 is 0 Å². The van der Waals surface area contributed by atoms with Crippen molar-refractivity contribution in [1.82, 2.24) is 9.80 Å². The fraction of sp³-hybridized carbons (Fsp3) is 0.667. The van der Waals surface area contributed by atoms with E-state index in [0.717, 1.165) is 18.3 Å². The van der Waals surface area contributed by atoms with Crippen LogP contribution in [0, 0.1) is 0 Å². The Labute approximate surface area is 134 Å². The average Bonchev–Trinajstić information content (AvgIpc) is 3.03. The van der Waals surface area contributed by atoms with E-state index in [9.17, 15) is 0 Å². The molecule has 2 saturated heterocycles. The van der Waals surface area contributed by atoms with E-state index in [1.54, 1.807) is 0 Å². The minimum Gasteiger partial charge on any atom is -0.301 e. The first-order valence-corrected chi connectivity index (χ1v) is 9.12. The number of thiol groups is 1. The van der Waals surface area contributed by atoms with Gasteiger partial charge in [-0.05, 0) is 50.2 Å². The Morgan fingerprint density at radius 3 is 2.52 bits per heavy atom. The molecule has 116 valence electrons. The van der Waals surface area contributed by atoms with Crippen molar-refractivity contribution in [3.05, 3.63) is 35.9 Å². The van der Waals surface area contributed by atoms with Crippen LogP contribution in [-0.2, 0) is 0 Å². The van der Waals surface area contributed by atoms with Crippen molar-refractivity contribution >= 4 is 12.6 Å². The lowest BCUT2D eigenvalue weighted by atomic mass is 10.0. The molecule has 0 bridgehead atoms. The number of rotatable bonds is 5. The lowest BCUT2D eigenvalue weighted by Crippen LogP contribution is -2.41. The summed E-state index contributed by atoms with van der Waals surface area (Å²) in [6, 6.07) is 11.7. The van der Waals surface area contributed by atoms with Crippen LogP contribution in [-0.4, -0.2) is 54.3 Å². The lowest BCUT2D eigenvalue weighted by Gasteiger charge is -2.32. The molecule has 2 nitrogen and oxygen atoms in total. The van der Waals surface area contributed by atoms with Crippen LogP contribution < -0.4 is 0 Å². The molecule has 2 aliphatic rings. The third-order valence-electron chi connectivity index (χ3n) is 5.12. The molecule has 3 rings (SSSR count). The van der Waals surface area contributed by atoms with Gasteiger partial charge in [0.1, 0.15) is 0 Å². The van der Waals surface area contributed by atoms with Gasteiger partial charge < -0.3 is 4.90 Å². The van der Waals surface area contributed by atoms with Crippen molar-refractivity contribution in [3.63, 3.8) is 0 Å². The van der Waals surface area contributed by atoms with E-state index in [1.165, 1.54) is 57.4 Å². The van der Waals surface area contributed by atoms with Gasteiger partial charge in [-0.3, -0.25) is 4.90 Å². The third-order valence-corrected chi connectivity index (χ3v) is 5.57. The fourth-order valence-electron chi connectivity index (χ4n) is 3.87. The topological polar surface area (TPSA) is 6.48 Å². The monoisotopic (exact) mass is 304 g/mol. The molecule has 0 N–H and O–H groups in total. The summed E-state index contributed by atoms with van der Waals surface area (Å²) in [5.74, 6) is 1.50. The van der Waals surface area contributed by atoms with E-state index in [1.807, 2.05) is 0 Å². The summed E-state index contributed by atoms with van der Waals surface area (Å²) in [5, 5.41) is 0. The molecule has 1 aromatic rings. The number of piperidine rings is 1. The van der Waals surface area contributed by atoms with Crippen molar-refractivity contribution in [1.29, 1.82) is 0 Å². The highest BCUT2D eigenvalue weighted by Gasteiger charge is 2.29. The van der Waals surface area contributed by atoms with Crippen molar-refractivity contribution in [3.8, 4) is 0 Å². The van der Waals surface area contributed by atoms with Crippen LogP contribution in [0.15, 0.2) is 30.3 Å². The summed E-state index contributed by atoms with van der Waals surface area (Å²) in [6.07, 6.45) is 5.59. The van der Waals surface area contributed by atoms with E-state index < -0.39 is 0 Å². The molecular formula is C18H28N2S. The zero-order valence-electron chi connectivity index (χ0n) is 13.0. The molecule has 2 unspecified atom stereocenters. The number of hydrogen-bond acceptors (Lipinski definition) is 3. The number of benzene rings is 1. The van der Waals surface area contributed by atoms with Gasteiger partial charge in [-0.15, -0.1) is 0 Å². The molecule has 21 heavy (non-hydrogen) atoms. The van der Waals surface area contributed by atoms with Gasteiger partial charge in [-0.25, -0.2) is 0 Å². The van der Waals surface area contributed by atoms with Crippen molar-refractivity contribution < 1.29 is 0 Å². The van der Waals surface area contributed by atoms with E-state index in [4.69, 9.17) is 0 Å². The molecule has 2 aliphatic heterocycles. The van der Waals surface area contributed by atoms with Crippen LogP contribution in [0.5, 0.6) is 0 Å². The van der Waals surface area contributed by atoms with Crippen LogP contribution in [0.3, 0.4) is 0 Å². The number of hydrogen-bond donors (Lipinski definition) is 1. The van der Waals surface area contributed by atoms with Gasteiger partial charge in [0.15, 0.2) is 0 Å². The SMILES string of the molecule is SCC(CN1CCC(N2CCCCC2)C1)c1ccccc1. The Kier molecular flexibility index (Phi) is 5.61. The standard InChI is InChI=1S/C18H28N2S/c21-15-17(16-7-3-1-4-8-16)13-19-12-9-18(14-19)20-10-5-2-6-11-20/h1,3-4,7-8,17-18,21H,2,5-6,9-15H2. The summed E-state index contributed by atoms with van der Waals surface area (Å²) in [5.41, 5.74) is 1.44. The molecule has 2 heterocycles. The fourth-order valence-corrected chi connectivity index (χ4v) is 4.19. The number of nitrogens with zero attached hydrogens (tertiary/aromatic N) is 2. The molecule has 2 atom stereocenters. The average molecular weight is 305 g/mol. The molecule has 3 heteroatoms. The first kappa shape index (κ1) is 15.4. The second-order valence-electron chi connectivity index (χ2n) is 6.59. The summed E-state index contributed by atoms with van der Waals surface area (Å²) in [4.78, 5) is 5.40. The highest BCUT2D eigenvalue weighted by molar-refractivity contribution is 7.80. The van der Waals surface area contributed by atoms with Crippen LogP contribution in [0.25, 0.3) is 0 Å². The van der Waals surface area contributed by atoms with Gasteiger partial charge >= 0.3 is 0 Å². The molecule has 0 aromatic heterocycles. The first-order valence-electron chi connectivity index (χ1n) is 8.49. The second kappa shape index (κ2) is 7.66. The summed E-state index contributed by atoms with van der Waals surface area (Å²) in [7, 11) is 0. The maximum absolute atomic E-state index is 4.59. The highest BCUT2D eigenvalue weighted by Crippen LogP contribution is 2.24. The highest BCUT2D eigenvalue weighted by atomic mass is 32.1. The van der Waals surface area contributed by atoms with Gasteiger partial charge in [-0.1, -0.05) is 36.8 Å². The Bertz CT molecular complexity index is 416. The van der Waals surface area contributed by atoms with E-state index in [0.29, 0.717) is 5.92 Å². The number of likely N-dealkylation sites (tertiary alicyclic amines) is 2. The smallest absolute Gasteiger partial charge is 0.0235 e. The second-order valence-corrected chi connectivity index (χ2v) is 6.95. The van der Waals surface area contributed by atoms with E-state index in [2.05, 4.69) is 52.8 Å². The normalized spacial score (nSPS) is 26.0. The zero-order chi connectivity index (χ0) is 14.5. The van der Waals surface area contributed by atoms with Crippen LogP contribution in [0.4, 0.5) is 0 Å². The quantitative estimate of drug-likeness (QED) is 0.834. The maximum Gasteiger partial charge on any atom is 0.0235 e. The molecule has 2 fully saturated rings. The molecule has 1 aromatic carbocycles. The molecule has 0 saturated carbocycles.